The highest BCUT2D eigenvalue weighted by atomic mass is 19.1. The van der Waals surface area contributed by atoms with Crippen molar-refractivity contribution in [3.63, 3.8) is 0 Å². The number of hydrogen-bond donors (Lipinski definition) is 1. The first-order valence-electron chi connectivity index (χ1n) is 5.08. The smallest absolute Gasteiger partial charge is 0.292 e. The minimum atomic E-state index is -0.571. The van der Waals surface area contributed by atoms with E-state index in [9.17, 15) is 14.5 Å². The molecule has 0 spiro atoms. The summed E-state index contributed by atoms with van der Waals surface area (Å²) in [5, 5.41) is 21.0. The zero-order valence-corrected chi connectivity index (χ0v) is 9.50. The van der Waals surface area contributed by atoms with E-state index in [1.165, 1.54) is 6.33 Å². The van der Waals surface area contributed by atoms with Crippen molar-refractivity contribution in [3.8, 4) is 0 Å². The van der Waals surface area contributed by atoms with Crippen molar-refractivity contribution >= 4 is 11.4 Å². The number of nitro benzene ring substituents is 1. The summed E-state index contributed by atoms with van der Waals surface area (Å²) < 4.78 is 14.7. The lowest BCUT2D eigenvalue weighted by molar-refractivity contribution is -0.384. The minimum Gasteiger partial charge on any atom is -0.372 e. The zero-order chi connectivity index (χ0) is 13.1. The molecule has 0 aliphatic heterocycles. The van der Waals surface area contributed by atoms with Gasteiger partial charge in [0.15, 0.2) is 5.82 Å². The normalized spacial score (nSPS) is 10.3. The van der Waals surface area contributed by atoms with Gasteiger partial charge in [0.25, 0.3) is 5.69 Å². The molecule has 0 amide bonds. The van der Waals surface area contributed by atoms with E-state index in [2.05, 4.69) is 15.5 Å². The number of nitrogens with one attached hydrogen (secondary N) is 1. The van der Waals surface area contributed by atoms with Gasteiger partial charge in [0.2, 0.25) is 0 Å². The maximum Gasteiger partial charge on any atom is 0.292 e. The molecule has 0 radical (unpaired) electrons. The predicted molar refractivity (Wildman–Crippen MR) is 61.4 cm³/mol. The lowest BCUT2D eigenvalue weighted by Crippen LogP contribution is -2.07. The molecule has 0 unspecified atom stereocenters. The molecular formula is C10H10FN5O2. The summed E-state index contributed by atoms with van der Waals surface area (Å²) in [4.78, 5) is 10.2. The van der Waals surface area contributed by atoms with Crippen LogP contribution in [0.15, 0.2) is 24.5 Å². The van der Waals surface area contributed by atoms with Crippen LogP contribution in [-0.2, 0) is 13.6 Å². The van der Waals surface area contributed by atoms with E-state index in [1.807, 2.05) is 0 Å². The van der Waals surface area contributed by atoms with Crippen molar-refractivity contribution in [2.24, 2.45) is 7.05 Å². The Labute approximate surface area is 101 Å². The number of aryl methyl sites for hydroxylation is 1. The fraction of sp³-hybridized carbons (Fsp3) is 0.200. The highest BCUT2D eigenvalue weighted by Gasteiger charge is 2.14. The van der Waals surface area contributed by atoms with Gasteiger partial charge in [-0.25, -0.2) is 4.39 Å². The van der Waals surface area contributed by atoms with Crippen molar-refractivity contribution in [1.29, 1.82) is 0 Å². The third-order valence-electron chi connectivity index (χ3n) is 2.40. The summed E-state index contributed by atoms with van der Waals surface area (Å²) in [6.45, 7) is 0.223. The molecule has 1 heterocycles. The Morgan fingerprint density at radius 1 is 1.56 bits per heavy atom. The molecule has 1 aromatic carbocycles. The first-order chi connectivity index (χ1) is 8.58. The highest BCUT2D eigenvalue weighted by molar-refractivity contribution is 5.61. The van der Waals surface area contributed by atoms with Gasteiger partial charge in [0.1, 0.15) is 17.8 Å². The summed E-state index contributed by atoms with van der Waals surface area (Å²) in [5.74, 6) is 0.0506. The molecule has 0 fully saturated rings. The molecule has 0 saturated carbocycles. The fourth-order valence-electron chi connectivity index (χ4n) is 1.45. The maximum absolute atomic E-state index is 13.1. The Morgan fingerprint density at radius 2 is 2.33 bits per heavy atom. The molecule has 0 saturated heterocycles. The molecule has 1 aromatic heterocycles. The first kappa shape index (κ1) is 12.0. The van der Waals surface area contributed by atoms with E-state index in [4.69, 9.17) is 0 Å². The predicted octanol–water partition coefficient (Wildman–Crippen LogP) is 1.47. The topological polar surface area (TPSA) is 85.9 Å². The van der Waals surface area contributed by atoms with E-state index in [0.29, 0.717) is 5.82 Å². The molecule has 0 aliphatic carbocycles. The third-order valence-corrected chi connectivity index (χ3v) is 2.40. The molecule has 2 rings (SSSR count). The number of nitro groups is 1. The van der Waals surface area contributed by atoms with Crippen molar-refractivity contribution < 1.29 is 9.31 Å². The van der Waals surface area contributed by atoms with Gasteiger partial charge in [-0.3, -0.25) is 10.1 Å². The largest absolute Gasteiger partial charge is 0.372 e. The van der Waals surface area contributed by atoms with Crippen LogP contribution in [0, 0.1) is 15.9 Å². The van der Waals surface area contributed by atoms with Crippen LogP contribution in [0.25, 0.3) is 0 Å². The van der Waals surface area contributed by atoms with Crippen LogP contribution >= 0.6 is 0 Å². The van der Waals surface area contributed by atoms with E-state index in [-0.39, 0.29) is 17.9 Å². The standard InChI is InChI=1S/C10H10FN5O2/c1-15-6-13-14-10(15)5-12-8-4-7(11)2-3-9(8)16(17)18/h2-4,6,12H,5H2,1H3. The van der Waals surface area contributed by atoms with Gasteiger partial charge in [0.05, 0.1) is 11.5 Å². The van der Waals surface area contributed by atoms with Gasteiger partial charge < -0.3 is 9.88 Å². The lowest BCUT2D eigenvalue weighted by Gasteiger charge is -2.06. The number of halogens is 1. The molecule has 18 heavy (non-hydrogen) atoms. The van der Waals surface area contributed by atoms with Crippen LogP contribution in [0.4, 0.5) is 15.8 Å². The van der Waals surface area contributed by atoms with Gasteiger partial charge in [-0.1, -0.05) is 0 Å². The second-order valence-electron chi connectivity index (χ2n) is 3.63. The van der Waals surface area contributed by atoms with Crippen molar-refractivity contribution in [2.75, 3.05) is 5.32 Å². The number of aromatic nitrogens is 3. The van der Waals surface area contributed by atoms with Crippen LogP contribution in [0.3, 0.4) is 0 Å². The van der Waals surface area contributed by atoms with Gasteiger partial charge >= 0.3 is 0 Å². The zero-order valence-electron chi connectivity index (χ0n) is 9.50. The summed E-state index contributed by atoms with van der Waals surface area (Å²) >= 11 is 0. The lowest BCUT2D eigenvalue weighted by atomic mass is 10.2. The first-order valence-corrected chi connectivity index (χ1v) is 5.08. The Balaban J connectivity index is 2.20. The number of benzene rings is 1. The second kappa shape index (κ2) is 4.78. The van der Waals surface area contributed by atoms with Gasteiger partial charge in [0, 0.05) is 19.2 Å². The van der Waals surface area contributed by atoms with Gasteiger partial charge in [-0.2, -0.15) is 0 Å². The molecule has 0 aliphatic rings. The van der Waals surface area contributed by atoms with Crippen LogP contribution < -0.4 is 5.32 Å². The van der Waals surface area contributed by atoms with Crippen LogP contribution in [-0.4, -0.2) is 19.7 Å². The number of hydrogen-bond acceptors (Lipinski definition) is 5. The molecule has 0 atom stereocenters. The fourth-order valence-corrected chi connectivity index (χ4v) is 1.45. The van der Waals surface area contributed by atoms with Crippen LogP contribution in [0.5, 0.6) is 0 Å². The molecule has 0 bridgehead atoms. The highest BCUT2D eigenvalue weighted by Crippen LogP contribution is 2.25. The van der Waals surface area contributed by atoms with E-state index in [1.54, 1.807) is 11.6 Å². The number of rotatable bonds is 4. The average molecular weight is 251 g/mol. The van der Waals surface area contributed by atoms with Crippen LogP contribution in [0.1, 0.15) is 5.82 Å². The summed E-state index contributed by atoms with van der Waals surface area (Å²) in [5.41, 5.74) is -0.0680. The Kier molecular flexibility index (Phi) is 3.18. The monoisotopic (exact) mass is 251 g/mol. The summed E-state index contributed by atoms with van der Waals surface area (Å²) in [6, 6.07) is 3.24. The second-order valence-corrected chi connectivity index (χ2v) is 3.63. The van der Waals surface area contributed by atoms with Crippen molar-refractivity contribution in [1.82, 2.24) is 14.8 Å². The molecule has 7 nitrogen and oxygen atoms in total. The van der Waals surface area contributed by atoms with Crippen molar-refractivity contribution in [3.05, 3.63) is 46.3 Å². The minimum absolute atomic E-state index is 0.114. The molecule has 2 aromatic rings. The molecule has 8 heteroatoms. The number of anilines is 1. The molecule has 94 valence electrons. The third kappa shape index (κ3) is 2.42. The Hall–Kier alpha value is -2.51. The van der Waals surface area contributed by atoms with E-state index < -0.39 is 10.7 Å². The van der Waals surface area contributed by atoms with E-state index in [0.717, 1.165) is 18.2 Å². The average Bonchev–Trinajstić information content (AvgIpc) is 2.72. The van der Waals surface area contributed by atoms with Gasteiger partial charge in [-0.05, 0) is 6.07 Å². The van der Waals surface area contributed by atoms with Crippen molar-refractivity contribution in [2.45, 2.75) is 6.54 Å². The maximum atomic E-state index is 13.1. The Morgan fingerprint density at radius 3 is 2.94 bits per heavy atom. The van der Waals surface area contributed by atoms with Crippen LogP contribution in [0.2, 0.25) is 0 Å². The van der Waals surface area contributed by atoms with E-state index >= 15 is 0 Å². The molecular weight excluding hydrogens is 241 g/mol. The van der Waals surface area contributed by atoms with Gasteiger partial charge in [-0.15, -0.1) is 10.2 Å². The summed E-state index contributed by atoms with van der Waals surface area (Å²) in [6.07, 6.45) is 1.51. The SMILES string of the molecule is Cn1cnnc1CNc1cc(F)ccc1[N+](=O)[O-]. The Bertz CT molecular complexity index is 583. The summed E-state index contributed by atoms with van der Waals surface area (Å²) in [7, 11) is 1.75. The quantitative estimate of drug-likeness (QED) is 0.657. The number of nitrogens with zero attached hydrogens (tertiary/aromatic N) is 4. The molecule has 1 N–H and O–H groups in total.